The van der Waals surface area contributed by atoms with E-state index < -0.39 is 0 Å². The van der Waals surface area contributed by atoms with Gasteiger partial charge in [-0.3, -0.25) is 4.79 Å². The highest BCUT2D eigenvalue weighted by Gasteiger charge is 2.46. The highest BCUT2D eigenvalue weighted by molar-refractivity contribution is 5.77. The zero-order chi connectivity index (χ0) is 18.1. The summed E-state index contributed by atoms with van der Waals surface area (Å²) >= 11 is 0. The number of nitrogens with two attached hydrogens (primary N) is 1. The molecule has 1 aliphatic carbocycles. The van der Waals surface area contributed by atoms with Crippen LogP contribution in [0.4, 0.5) is 5.82 Å². The summed E-state index contributed by atoms with van der Waals surface area (Å²) in [5, 5.41) is 8.08. The maximum Gasteiger partial charge on any atom is 0.309 e. The summed E-state index contributed by atoms with van der Waals surface area (Å²) in [4.78, 5) is 20.5. The third kappa shape index (κ3) is 3.01. The number of hydrogen-bond acceptors (Lipinski definition) is 8. The molecule has 0 unspecified atom stereocenters. The van der Waals surface area contributed by atoms with Gasteiger partial charge in [0.05, 0.1) is 24.4 Å². The van der Waals surface area contributed by atoms with Crippen LogP contribution in [0.25, 0.3) is 23.0 Å². The van der Waals surface area contributed by atoms with Crippen LogP contribution in [0.2, 0.25) is 0 Å². The third-order valence-corrected chi connectivity index (χ3v) is 4.23. The highest BCUT2D eigenvalue weighted by Crippen LogP contribution is 2.47. The van der Waals surface area contributed by atoms with E-state index in [2.05, 4.69) is 20.2 Å². The predicted molar refractivity (Wildman–Crippen MR) is 92.7 cm³/mol. The topological polar surface area (TPSA) is 117 Å². The molecule has 8 nitrogen and oxygen atoms in total. The Morgan fingerprint density at radius 2 is 2.04 bits per heavy atom. The predicted octanol–water partition coefficient (Wildman–Crippen LogP) is 2.44. The lowest BCUT2D eigenvalue weighted by molar-refractivity contribution is -0.144. The standard InChI is InChI=1S/C18H17N5O3/c1-2-25-18(24)12-8-11(12)13-9-20-15(19)14(21-13)17-23-22-16(26-17)10-6-4-3-5-7-10/h3-7,9,11-12H,2,8H2,1H3,(H2,19,20)/t11-,12+/m0/s1. The molecular weight excluding hydrogens is 334 g/mol. The third-order valence-electron chi connectivity index (χ3n) is 4.23. The van der Waals surface area contributed by atoms with Crippen LogP contribution >= 0.6 is 0 Å². The van der Waals surface area contributed by atoms with Gasteiger partial charge in [-0.2, -0.15) is 0 Å². The van der Waals surface area contributed by atoms with Gasteiger partial charge in [0.1, 0.15) is 0 Å². The van der Waals surface area contributed by atoms with Crippen molar-refractivity contribution in [3.8, 4) is 23.0 Å². The Bertz CT molecular complexity index is 941. The number of nitrogens with zero attached hydrogens (tertiary/aromatic N) is 4. The SMILES string of the molecule is CCOC(=O)[C@@H]1C[C@@H]1c1cnc(N)c(-c2nnc(-c3ccccc3)o2)n1. The number of carbonyl (C=O) groups excluding carboxylic acids is 1. The molecule has 0 bridgehead atoms. The van der Waals surface area contributed by atoms with Gasteiger partial charge in [0.25, 0.3) is 5.89 Å². The van der Waals surface area contributed by atoms with Crippen molar-refractivity contribution in [3.05, 3.63) is 42.2 Å². The first-order valence-corrected chi connectivity index (χ1v) is 8.35. The van der Waals surface area contributed by atoms with Crippen molar-refractivity contribution in [3.63, 3.8) is 0 Å². The molecule has 132 valence electrons. The zero-order valence-corrected chi connectivity index (χ0v) is 14.1. The van der Waals surface area contributed by atoms with Gasteiger partial charge in [-0.15, -0.1) is 10.2 Å². The fourth-order valence-electron chi connectivity index (χ4n) is 2.80. The van der Waals surface area contributed by atoms with E-state index in [0.29, 0.717) is 30.3 Å². The summed E-state index contributed by atoms with van der Waals surface area (Å²) in [6, 6.07) is 9.42. The molecule has 0 aliphatic heterocycles. The molecule has 1 aliphatic rings. The van der Waals surface area contributed by atoms with Crippen molar-refractivity contribution in [1.29, 1.82) is 0 Å². The van der Waals surface area contributed by atoms with Gasteiger partial charge in [0.15, 0.2) is 11.5 Å². The average Bonchev–Trinajstić information content (AvgIpc) is 3.32. The number of nitrogen functional groups attached to an aromatic ring is 1. The molecule has 8 heteroatoms. The van der Waals surface area contributed by atoms with Crippen LogP contribution in [0, 0.1) is 5.92 Å². The number of esters is 1. The summed E-state index contributed by atoms with van der Waals surface area (Å²) in [6.45, 7) is 2.15. The highest BCUT2D eigenvalue weighted by atomic mass is 16.5. The molecule has 3 aromatic rings. The number of hydrogen-bond donors (Lipinski definition) is 1. The summed E-state index contributed by atoms with van der Waals surface area (Å²) in [5.74, 6) is 0.375. The molecule has 1 aromatic carbocycles. The van der Waals surface area contributed by atoms with E-state index in [-0.39, 0.29) is 29.5 Å². The fourth-order valence-corrected chi connectivity index (χ4v) is 2.80. The van der Waals surface area contributed by atoms with E-state index in [1.807, 2.05) is 30.3 Å². The van der Waals surface area contributed by atoms with Gasteiger partial charge in [-0.25, -0.2) is 9.97 Å². The van der Waals surface area contributed by atoms with Gasteiger partial charge < -0.3 is 14.9 Å². The molecule has 0 radical (unpaired) electrons. The summed E-state index contributed by atoms with van der Waals surface area (Å²) in [7, 11) is 0. The summed E-state index contributed by atoms with van der Waals surface area (Å²) in [6.07, 6.45) is 2.27. The van der Waals surface area contributed by atoms with Crippen molar-refractivity contribution in [2.45, 2.75) is 19.3 Å². The first kappa shape index (κ1) is 16.2. The van der Waals surface area contributed by atoms with E-state index in [4.69, 9.17) is 14.9 Å². The number of benzene rings is 1. The summed E-state index contributed by atoms with van der Waals surface area (Å²) < 4.78 is 10.8. The van der Waals surface area contributed by atoms with E-state index in [0.717, 1.165) is 5.56 Å². The molecule has 2 N–H and O–H groups in total. The number of aromatic nitrogens is 4. The van der Waals surface area contributed by atoms with Gasteiger partial charge in [-0.05, 0) is 25.5 Å². The molecule has 0 spiro atoms. The van der Waals surface area contributed by atoms with Crippen LogP contribution in [-0.4, -0.2) is 32.7 Å². The maximum atomic E-state index is 11.8. The van der Waals surface area contributed by atoms with Crippen LogP contribution in [0.3, 0.4) is 0 Å². The summed E-state index contributed by atoms with van der Waals surface area (Å²) in [5.41, 5.74) is 7.74. The monoisotopic (exact) mass is 351 g/mol. The first-order valence-electron chi connectivity index (χ1n) is 8.35. The Kier molecular flexibility index (Phi) is 4.08. The molecule has 2 aromatic heterocycles. The molecule has 2 heterocycles. The molecule has 1 saturated carbocycles. The number of anilines is 1. The lowest BCUT2D eigenvalue weighted by atomic mass is 10.2. The quantitative estimate of drug-likeness (QED) is 0.697. The normalized spacial score (nSPS) is 18.5. The maximum absolute atomic E-state index is 11.8. The Balaban J connectivity index is 1.60. The smallest absolute Gasteiger partial charge is 0.309 e. The van der Waals surface area contributed by atoms with E-state index >= 15 is 0 Å². The second-order valence-electron chi connectivity index (χ2n) is 6.01. The lowest BCUT2D eigenvalue weighted by Gasteiger charge is -2.04. The van der Waals surface area contributed by atoms with E-state index in [9.17, 15) is 4.79 Å². The Labute approximate surface area is 149 Å². The minimum absolute atomic E-state index is 0.0163. The van der Waals surface area contributed by atoms with Gasteiger partial charge in [0, 0.05) is 11.5 Å². The van der Waals surface area contributed by atoms with E-state index in [1.165, 1.54) is 0 Å². The van der Waals surface area contributed by atoms with Crippen molar-refractivity contribution >= 4 is 11.8 Å². The number of rotatable bonds is 5. The van der Waals surface area contributed by atoms with Crippen LogP contribution < -0.4 is 5.73 Å². The van der Waals surface area contributed by atoms with Gasteiger partial charge >= 0.3 is 5.97 Å². The first-order chi connectivity index (χ1) is 12.7. The van der Waals surface area contributed by atoms with Crippen molar-refractivity contribution in [1.82, 2.24) is 20.2 Å². The van der Waals surface area contributed by atoms with Gasteiger partial charge in [0.2, 0.25) is 5.89 Å². The largest absolute Gasteiger partial charge is 0.466 e. The molecule has 0 saturated heterocycles. The number of carbonyl (C=O) groups is 1. The minimum Gasteiger partial charge on any atom is -0.466 e. The molecule has 2 atom stereocenters. The lowest BCUT2D eigenvalue weighted by Crippen LogP contribution is -2.08. The Morgan fingerprint density at radius 3 is 2.81 bits per heavy atom. The van der Waals surface area contributed by atoms with Crippen LogP contribution in [0.1, 0.15) is 25.0 Å². The van der Waals surface area contributed by atoms with Crippen LogP contribution in [-0.2, 0) is 9.53 Å². The molecule has 1 fully saturated rings. The zero-order valence-electron chi connectivity index (χ0n) is 14.1. The Hall–Kier alpha value is -3.29. The second-order valence-corrected chi connectivity index (χ2v) is 6.01. The van der Waals surface area contributed by atoms with Crippen molar-refractivity contribution in [2.75, 3.05) is 12.3 Å². The van der Waals surface area contributed by atoms with Crippen molar-refractivity contribution < 1.29 is 13.9 Å². The molecule has 26 heavy (non-hydrogen) atoms. The van der Waals surface area contributed by atoms with Crippen LogP contribution in [0.5, 0.6) is 0 Å². The molecule has 4 rings (SSSR count). The number of ether oxygens (including phenoxy) is 1. The van der Waals surface area contributed by atoms with Crippen LogP contribution in [0.15, 0.2) is 40.9 Å². The van der Waals surface area contributed by atoms with Crippen molar-refractivity contribution in [2.24, 2.45) is 5.92 Å². The Morgan fingerprint density at radius 1 is 1.27 bits per heavy atom. The van der Waals surface area contributed by atoms with Gasteiger partial charge in [-0.1, -0.05) is 18.2 Å². The molecule has 0 amide bonds. The minimum atomic E-state index is -0.207. The fraction of sp³-hybridized carbons (Fsp3) is 0.278. The second kappa shape index (κ2) is 6.55. The average molecular weight is 351 g/mol. The molecular formula is C18H17N5O3. The van der Waals surface area contributed by atoms with E-state index in [1.54, 1.807) is 13.1 Å².